The summed E-state index contributed by atoms with van der Waals surface area (Å²) in [4.78, 5) is 13.4. The van der Waals surface area contributed by atoms with Crippen molar-refractivity contribution in [1.82, 2.24) is 4.90 Å². The molecule has 1 atom stereocenters. The van der Waals surface area contributed by atoms with Gasteiger partial charge >= 0.3 is 5.97 Å². The maximum Gasteiger partial charge on any atom is 0.303 e. The number of hydrogen-bond donors (Lipinski definition) is 1. The summed E-state index contributed by atoms with van der Waals surface area (Å²) in [5.74, 6) is -0.375. The molecule has 1 aliphatic rings. The average Bonchev–Trinajstić information content (AvgIpc) is 2.66. The highest BCUT2D eigenvalue weighted by Crippen LogP contribution is 2.24. The monoisotopic (exact) mass is 349 g/mol. The summed E-state index contributed by atoms with van der Waals surface area (Å²) < 4.78 is 0. The molecule has 3 heteroatoms. The Hall–Kier alpha value is -2.39. The van der Waals surface area contributed by atoms with E-state index < -0.39 is 5.97 Å². The molecule has 0 radical (unpaired) electrons. The molecule has 0 saturated carbocycles. The Labute approximate surface area is 156 Å². The van der Waals surface area contributed by atoms with Crippen LogP contribution in [-0.4, -0.2) is 35.6 Å². The lowest BCUT2D eigenvalue weighted by Crippen LogP contribution is -2.36. The van der Waals surface area contributed by atoms with Crippen molar-refractivity contribution in [3.05, 3.63) is 77.9 Å². The average molecular weight is 349 g/mol. The summed E-state index contributed by atoms with van der Waals surface area (Å²) in [7, 11) is 0. The van der Waals surface area contributed by atoms with Crippen LogP contribution in [0.5, 0.6) is 0 Å². The van der Waals surface area contributed by atoms with Gasteiger partial charge in [0.05, 0.1) is 0 Å². The molecule has 3 nitrogen and oxygen atoms in total. The molecule has 1 saturated heterocycles. The van der Waals surface area contributed by atoms with E-state index in [1.165, 1.54) is 16.7 Å². The van der Waals surface area contributed by atoms with Gasteiger partial charge in [0.25, 0.3) is 0 Å². The van der Waals surface area contributed by atoms with Crippen molar-refractivity contribution in [2.45, 2.75) is 25.7 Å². The first-order chi connectivity index (χ1) is 12.7. The number of hydrogen-bond acceptors (Lipinski definition) is 2. The van der Waals surface area contributed by atoms with Gasteiger partial charge in [0.1, 0.15) is 0 Å². The summed E-state index contributed by atoms with van der Waals surface area (Å²) in [5, 5.41) is 9.02. The van der Waals surface area contributed by atoms with Gasteiger partial charge in [-0.2, -0.15) is 0 Å². The van der Waals surface area contributed by atoms with E-state index in [2.05, 4.69) is 59.5 Å². The predicted octanol–water partition coefficient (Wildman–Crippen LogP) is 4.70. The van der Waals surface area contributed by atoms with Gasteiger partial charge in [0.15, 0.2) is 0 Å². The molecule has 3 rings (SSSR count). The van der Waals surface area contributed by atoms with E-state index in [4.69, 9.17) is 5.11 Å². The SMILES string of the molecule is O=C(O)CC1CCCN(CCC=C(c2ccccc2)c2ccccc2)C1. The van der Waals surface area contributed by atoms with Gasteiger partial charge in [0.2, 0.25) is 0 Å². The molecule has 1 aliphatic heterocycles. The number of rotatable bonds is 7. The van der Waals surface area contributed by atoms with Gasteiger partial charge in [-0.1, -0.05) is 66.7 Å². The van der Waals surface area contributed by atoms with Gasteiger partial charge in [-0.05, 0) is 48.4 Å². The number of benzene rings is 2. The smallest absolute Gasteiger partial charge is 0.303 e. The summed E-state index contributed by atoms with van der Waals surface area (Å²) in [6.45, 7) is 2.97. The van der Waals surface area contributed by atoms with E-state index in [1.54, 1.807) is 0 Å². The molecule has 1 N–H and O–H groups in total. The molecule has 0 spiro atoms. The first kappa shape index (κ1) is 18.4. The third-order valence-electron chi connectivity index (χ3n) is 5.03. The molecule has 0 aliphatic carbocycles. The minimum atomic E-state index is -0.674. The van der Waals surface area contributed by atoms with Crippen LogP contribution in [0.4, 0.5) is 0 Å². The minimum absolute atomic E-state index is 0.297. The Morgan fingerprint density at radius 1 is 1.04 bits per heavy atom. The Kier molecular flexibility index (Phi) is 6.62. The van der Waals surface area contributed by atoms with Crippen molar-refractivity contribution in [1.29, 1.82) is 0 Å². The van der Waals surface area contributed by atoms with Crippen LogP contribution in [0.15, 0.2) is 66.7 Å². The van der Waals surface area contributed by atoms with Crippen molar-refractivity contribution < 1.29 is 9.90 Å². The predicted molar refractivity (Wildman–Crippen MR) is 106 cm³/mol. The zero-order valence-electron chi connectivity index (χ0n) is 15.2. The number of carbonyl (C=O) groups is 1. The van der Waals surface area contributed by atoms with Gasteiger partial charge in [-0.15, -0.1) is 0 Å². The van der Waals surface area contributed by atoms with Crippen molar-refractivity contribution >= 4 is 11.5 Å². The van der Waals surface area contributed by atoms with Crippen LogP contribution in [0, 0.1) is 5.92 Å². The topological polar surface area (TPSA) is 40.5 Å². The summed E-state index contributed by atoms with van der Waals surface area (Å²) in [6, 6.07) is 21.0. The highest BCUT2D eigenvalue weighted by molar-refractivity contribution is 5.79. The molecule has 0 aromatic heterocycles. The third kappa shape index (κ3) is 5.30. The van der Waals surface area contributed by atoms with Crippen LogP contribution in [-0.2, 0) is 4.79 Å². The lowest BCUT2D eigenvalue weighted by molar-refractivity contribution is -0.138. The van der Waals surface area contributed by atoms with E-state index >= 15 is 0 Å². The summed E-state index contributed by atoms with van der Waals surface area (Å²) in [6.07, 6.45) is 5.74. The Morgan fingerprint density at radius 3 is 2.23 bits per heavy atom. The molecular weight excluding hydrogens is 322 g/mol. The number of likely N-dealkylation sites (tertiary alicyclic amines) is 1. The van der Waals surface area contributed by atoms with E-state index in [-0.39, 0.29) is 0 Å². The molecule has 1 heterocycles. The number of carboxylic acid groups (broad SMARTS) is 1. The lowest BCUT2D eigenvalue weighted by Gasteiger charge is -2.31. The number of carboxylic acids is 1. The molecule has 0 bridgehead atoms. The maximum atomic E-state index is 11.0. The Bertz CT molecular complexity index is 683. The highest BCUT2D eigenvalue weighted by atomic mass is 16.4. The second-order valence-electron chi connectivity index (χ2n) is 7.05. The largest absolute Gasteiger partial charge is 0.481 e. The number of aliphatic carboxylic acids is 1. The second-order valence-corrected chi connectivity index (χ2v) is 7.05. The molecule has 136 valence electrons. The van der Waals surface area contributed by atoms with Crippen LogP contribution in [0.3, 0.4) is 0 Å². The summed E-state index contributed by atoms with van der Waals surface area (Å²) >= 11 is 0. The normalized spacial score (nSPS) is 17.6. The van der Waals surface area contributed by atoms with Gasteiger partial charge in [-0.3, -0.25) is 4.79 Å². The van der Waals surface area contributed by atoms with E-state index in [0.717, 1.165) is 38.9 Å². The first-order valence-electron chi connectivity index (χ1n) is 9.47. The molecule has 1 unspecified atom stereocenters. The quantitative estimate of drug-likeness (QED) is 0.788. The van der Waals surface area contributed by atoms with Gasteiger partial charge in [-0.25, -0.2) is 0 Å². The Morgan fingerprint density at radius 2 is 1.65 bits per heavy atom. The van der Waals surface area contributed by atoms with E-state index in [1.807, 2.05) is 12.1 Å². The second kappa shape index (κ2) is 9.35. The third-order valence-corrected chi connectivity index (χ3v) is 5.03. The molecule has 2 aromatic carbocycles. The van der Waals surface area contributed by atoms with E-state index in [9.17, 15) is 4.79 Å². The van der Waals surface area contributed by atoms with E-state index in [0.29, 0.717) is 12.3 Å². The van der Waals surface area contributed by atoms with Crippen molar-refractivity contribution in [2.75, 3.05) is 19.6 Å². The summed E-state index contributed by atoms with van der Waals surface area (Å²) in [5.41, 5.74) is 3.74. The zero-order chi connectivity index (χ0) is 18.2. The fourth-order valence-corrected chi connectivity index (χ4v) is 3.80. The van der Waals surface area contributed by atoms with Gasteiger partial charge < -0.3 is 10.0 Å². The number of nitrogens with zero attached hydrogens (tertiary/aromatic N) is 1. The fraction of sp³-hybridized carbons (Fsp3) is 0.348. The molecule has 1 fully saturated rings. The maximum absolute atomic E-state index is 11.0. The molecular formula is C23H27NO2. The molecule has 0 amide bonds. The molecule has 2 aromatic rings. The van der Waals surface area contributed by atoms with Crippen LogP contribution in [0.2, 0.25) is 0 Å². The highest BCUT2D eigenvalue weighted by Gasteiger charge is 2.21. The fourth-order valence-electron chi connectivity index (χ4n) is 3.80. The standard InChI is InChI=1S/C23H27NO2/c25-23(26)17-19-9-7-15-24(18-19)16-8-14-22(20-10-3-1-4-11-20)21-12-5-2-6-13-21/h1-6,10-14,19H,7-9,15-18H2,(H,25,26). The van der Waals surface area contributed by atoms with Crippen molar-refractivity contribution in [3.8, 4) is 0 Å². The van der Waals surface area contributed by atoms with Crippen LogP contribution >= 0.6 is 0 Å². The minimum Gasteiger partial charge on any atom is -0.481 e. The Balaban J connectivity index is 1.66. The van der Waals surface area contributed by atoms with Crippen molar-refractivity contribution in [3.63, 3.8) is 0 Å². The van der Waals surface area contributed by atoms with Crippen LogP contribution in [0.25, 0.3) is 5.57 Å². The van der Waals surface area contributed by atoms with Crippen LogP contribution in [0.1, 0.15) is 36.8 Å². The van der Waals surface area contributed by atoms with Crippen molar-refractivity contribution in [2.24, 2.45) is 5.92 Å². The first-order valence-corrected chi connectivity index (χ1v) is 9.47. The number of piperidine rings is 1. The lowest BCUT2D eigenvalue weighted by atomic mass is 9.94. The zero-order valence-corrected chi connectivity index (χ0v) is 15.2. The van der Waals surface area contributed by atoms with Gasteiger partial charge in [0, 0.05) is 19.5 Å². The van der Waals surface area contributed by atoms with Crippen LogP contribution < -0.4 is 0 Å². The molecule has 26 heavy (non-hydrogen) atoms.